The number of hydrogen-bond donors (Lipinski definition) is 1. The molecule has 0 fully saturated rings. The van der Waals surface area contributed by atoms with Crippen LogP contribution in [-0.2, 0) is 4.74 Å². The van der Waals surface area contributed by atoms with E-state index in [9.17, 15) is 0 Å². The fourth-order valence-corrected chi connectivity index (χ4v) is 1.34. The van der Waals surface area contributed by atoms with Gasteiger partial charge in [0, 0.05) is 6.61 Å². The molecule has 0 atom stereocenters. The van der Waals surface area contributed by atoms with Crippen molar-refractivity contribution >= 4 is 17.3 Å². The number of nitrogen functional groups attached to an aromatic ring is 1. The number of rotatable bonds is 6. The van der Waals surface area contributed by atoms with E-state index in [1.54, 1.807) is 12.1 Å². The van der Waals surface area contributed by atoms with Crippen LogP contribution >= 0.6 is 11.6 Å². The van der Waals surface area contributed by atoms with Gasteiger partial charge in [0.05, 0.1) is 17.3 Å². The molecule has 1 rings (SSSR count). The SMILES string of the molecule is CC(C)COCCOc1cccc(Cl)c1N. The summed E-state index contributed by atoms with van der Waals surface area (Å²) in [6.45, 7) is 6.00. The smallest absolute Gasteiger partial charge is 0.143 e. The first-order valence-corrected chi connectivity index (χ1v) is 5.73. The van der Waals surface area contributed by atoms with Crippen molar-refractivity contribution in [2.75, 3.05) is 25.6 Å². The fourth-order valence-electron chi connectivity index (χ4n) is 1.17. The van der Waals surface area contributed by atoms with Gasteiger partial charge < -0.3 is 15.2 Å². The highest BCUT2D eigenvalue weighted by atomic mass is 35.5. The zero-order valence-electron chi connectivity index (χ0n) is 9.70. The molecule has 0 aliphatic heterocycles. The summed E-state index contributed by atoms with van der Waals surface area (Å²) in [5, 5.41) is 0.514. The minimum absolute atomic E-state index is 0.480. The molecular weight excluding hydrogens is 226 g/mol. The van der Waals surface area contributed by atoms with Crippen LogP contribution in [-0.4, -0.2) is 19.8 Å². The Morgan fingerprint density at radius 1 is 1.31 bits per heavy atom. The second-order valence-electron chi connectivity index (χ2n) is 3.97. The van der Waals surface area contributed by atoms with Crippen LogP contribution in [0.4, 0.5) is 5.69 Å². The average Bonchev–Trinajstić information content (AvgIpc) is 2.23. The Kier molecular flexibility index (Phi) is 5.43. The predicted molar refractivity (Wildman–Crippen MR) is 67.0 cm³/mol. The molecule has 0 spiro atoms. The van der Waals surface area contributed by atoms with E-state index in [-0.39, 0.29) is 0 Å². The van der Waals surface area contributed by atoms with Gasteiger partial charge in [0.1, 0.15) is 12.4 Å². The summed E-state index contributed by atoms with van der Waals surface area (Å²) in [6.07, 6.45) is 0. The van der Waals surface area contributed by atoms with Gasteiger partial charge in [0.2, 0.25) is 0 Å². The first kappa shape index (κ1) is 13.1. The summed E-state index contributed by atoms with van der Waals surface area (Å²) < 4.78 is 10.9. The van der Waals surface area contributed by atoms with Gasteiger partial charge in [-0.1, -0.05) is 31.5 Å². The molecule has 0 bridgehead atoms. The van der Waals surface area contributed by atoms with E-state index in [4.69, 9.17) is 26.8 Å². The third-order valence-electron chi connectivity index (χ3n) is 1.95. The van der Waals surface area contributed by atoms with Gasteiger partial charge in [-0.15, -0.1) is 0 Å². The molecule has 0 aromatic heterocycles. The Balaban J connectivity index is 2.29. The lowest BCUT2D eigenvalue weighted by atomic mass is 10.2. The lowest BCUT2D eigenvalue weighted by Gasteiger charge is -2.10. The summed E-state index contributed by atoms with van der Waals surface area (Å²) in [5.74, 6) is 1.15. The Hall–Kier alpha value is -0.930. The van der Waals surface area contributed by atoms with Crippen molar-refractivity contribution in [2.24, 2.45) is 5.92 Å². The lowest BCUT2D eigenvalue weighted by Crippen LogP contribution is -2.10. The molecule has 0 saturated heterocycles. The van der Waals surface area contributed by atoms with Gasteiger partial charge in [-0.05, 0) is 18.1 Å². The quantitative estimate of drug-likeness (QED) is 0.617. The molecule has 0 aliphatic rings. The van der Waals surface area contributed by atoms with Gasteiger partial charge in [0.15, 0.2) is 0 Å². The molecule has 1 aromatic carbocycles. The normalized spacial score (nSPS) is 10.8. The van der Waals surface area contributed by atoms with Crippen molar-refractivity contribution in [2.45, 2.75) is 13.8 Å². The van der Waals surface area contributed by atoms with Gasteiger partial charge in [0.25, 0.3) is 0 Å². The van der Waals surface area contributed by atoms with Gasteiger partial charge in [-0.3, -0.25) is 0 Å². The van der Waals surface area contributed by atoms with Crippen LogP contribution in [0.3, 0.4) is 0 Å². The van der Waals surface area contributed by atoms with Crippen LogP contribution in [0.2, 0.25) is 5.02 Å². The maximum atomic E-state index is 5.86. The average molecular weight is 244 g/mol. The molecule has 1 aromatic rings. The van der Waals surface area contributed by atoms with Crippen molar-refractivity contribution in [1.29, 1.82) is 0 Å². The predicted octanol–water partition coefficient (Wildman–Crippen LogP) is 2.97. The largest absolute Gasteiger partial charge is 0.489 e. The van der Waals surface area contributed by atoms with E-state index in [1.165, 1.54) is 0 Å². The van der Waals surface area contributed by atoms with E-state index in [0.29, 0.717) is 35.6 Å². The summed E-state index contributed by atoms with van der Waals surface area (Å²) >= 11 is 5.86. The van der Waals surface area contributed by atoms with Gasteiger partial charge in [-0.2, -0.15) is 0 Å². The van der Waals surface area contributed by atoms with Crippen molar-refractivity contribution in [3.63, 3.8) is 0 Å². The van der Waals surface area contributed by atoms with Crippen LogP contribution in [0.15, 0.2) is 18.2 Å². The number of halogens is 1. The van der Waals surface area contributed by atoms with Crippen LogP contribution in [0, 0.1) is 5.92 Å². The molecule has 0 aliphatic carbocycles. The number of anilines is 1. The Bertz CT molecular complexity index is 329. The summed E-state index contributed by atoms with van der Waals surface area (Å²) in [7, 11) is 0. The first-order valence-electron chi connectivity index (χ1n) is 5.35. The molecule has 16 heavy (non-hydrogen) atoms. The molecular formula is C12H18ClNO2. The second kappa shape index (κ2) is 6.61. The topological polar surface area (TPSA) is 44.5 Å². The Labute approximate surface area is 101 Å². The van der Waals surface area contributed by atoms with Crippen molar-refractivity contribution in [3.8, 4) is 5.75 Å². The maximum absolute atomic E-state index is 5.86. The maximum Gasteiger partial charge on any atom is 0.143 e. The molecule has 0 radical (unpaired) electrons. The Morgan fingerprint density at radius 3 is 2.75 bits per heavy atom. The van der Waals surface area contributed by atoms with E-state index in [1.807, 2.05) is 6.07 Å². The molecule has 0 unspecified atom stereocenters. The van der Waals surface area contributed by atoms with Crippen molar-refractivity contribution in [3.05, 3.63) is 23.2 Å². The van der Waals surface area contributed by atoms with Gasteiger partial charge in [-0.25, -0.2) is 0 Å². The number of benzene rings is 1. The third kappa shape index (κ3) is 4.29. The zero-order chi connectivity index (χ0) is 12.0. The molecule has 3 nitrogen and oxygen atoms in total. The molecule has 0 heterocycles. The summed E-state index contributed by atoms with van der Waals surface area (Å²) in [6, 6.07) is 5.34. The molecule has 4 heteroatoms. The van der Waals surface area contributed by atoms with E-state index in [0.717, 1.165) is 6.61 Å². The minimum Gasteiger partial charge on any atom is -0.489 e. The fraction of sp³-hybridized carbons (Fsp3) is 0.500. The second-order valence-corrected chi connectivity index (χ2v) is 4.38. The minimum atomic E-state index is 0.480. The monoisotopic (exact) mass is 243 g/mol. The molecule has 90 valence electrons. The highest BCUT2D eigenvalue weighted by molar-refractivity contribution is 6.33. The van der Waals surface area contributed by atoms with Crippen LogP contribution < -0.4 is 10.5 Å². The lowest BCUT2D eigenvalue weighted by molar-refractivity contribution is 0.0821. The van der Waals surface area contributed by atoms with E-state index >= 15 is 0 Å². The highest BCUT2D eigenvalue weighted by Gasteiger charge is 2.03. The van der Waals surface area contributed by atoms with Crippen molar-refractivity contribution < 1.29 is 9.47 Å². The Morgan fingerprint density at radius 2 is 2.06 bits per heavy atom. The van der Waals surface area contributed by atoms with E-state index < -0.39 is 0 Å². The first-order chi connectivity index (χ1) is 7.61. The summed E-state index contributed by atoms with van der Waals surface area (Å²) in [4.78, 5) is 0. The number of ether oxygens (including phenoxy) is 2. The molecule has 2 N–H and O–H groups in total. The highest BCUT2D eigenvalue weighted by Crippen LogP contribution is 2.28. The van der Waals surface area contributed by atoms with E-state index in [2.05, 4.69) is 13.8 Å². The molecule has 0 amide bonds. The third-order valence-corrected chi connectivity index (χ3v) is 2.28. The number of nitrogens with two attached hydrogens (primary N) is 1. The standard InChI is InChI=1S/C12H18ClNO2/c1-9(2)8-15-6-7-16-11-5-3-4-10(13)12(11)14/h3-5,9H,6-8,14H2,1-2H3. The zero-order valence-corrected chi connectivity index (χ0v) is 10.5. The van der Waals surface area contributed by atoms with Gasteiger partial charge >= 0.3 is 0 Å². The van der Waals surface area contributed by atoms with Crippen molar-refractivity contribution in [1.82, 2.24) is 0 Å². The van der Waals surface area contributed by atoms with Crippen LogP contribution in [0.25, 0.3) is 0 Å². The van der Waals surface area contributed by atoms with Crippen LogP contribution in [0.5, 0.6) is 5.75 Å². The van der Waals surface area contributed by atoms with Crippen LogP contribution in [0.1, 0.15) is 13.8 Å². The number of para-hydroxylation sites is 1. The summed E-state index contributed by atoms with van der Waals surface area (Å²) in [5.41, 5.74) is 6.23. The molecule has 0 saturated carbocycles. The number of hydrogen-bond acceptors (Lipinski definition) is 3.